The second-order valence-electron chi connectivity index (χ2n) is 5.08. The Morgan fingerprint density at radius 3 is 2.39 bits per heavy atom. The number of benzene rings is 1. The summed E-state index contributed by atoms with van der Waals surface area (Å²) in [7, 11) is -6.17. The van der Waals surface area contributed by atoms with E-state index in [0.29, 0.717) is 23.1 Å². The standard InChI is InChI=1S/C15H20BrF2O4P/c1-4-7-12(19)13-9(5-2)8-11(14(16)10(13)6-3)15(17,18)23(20,21)22/h4,8,12,19H,1,5-7H2,2-3H3,(H2,20,21,22)/p-2. The third-order valence-corrected chi connectivity index (χ3v) is 5.45. The molecule has 0 saturated heterocycles. The number of rotatable bonds is 7. The number of aryl methyl sites for hydroxylation is 1. The molecule has 0 fully saturated rings. The smallest absolute Gasteiger partial charge is 0.297 e. The van der Waals surface area contributed by atoms with Gasteiger partial charge in [0.2, 0.25) is 0 Å². The summed E-state index contributed by atoms with van der Waals surface area (Å²) in [6.45, 7) is 6.93. The molecule has 0 radical (unpaired) electrons. The van der Waals surface area contributed by atoms with Crippen molar-refractivity contribution in [1.29, 1.82) is 0 Å². The predicted octanol–water partition coefficient (Wildman–Crippen LogP) is 3.15. The van der Waals surface area contributed by atoms with Crippen molar-refractivity contribution in [2.75, 3.05) is 0 Å². The van der Waals surface area contributed by atoms with E-state index in [1.807, 2.05) is 0 Å². The van der Waals surface area contributed by atoms with Crippen molar-refractivity contribution in [3.63, 3.8) is 0 Å². The summed E-state index contributed by atoms with van der Waals surface area (Å²) in [6.07, 6.45) is 1.37. The highest BCUT2D eigenvalue weighted by Gasteiger charge is 2.39. The fraction of sp³-hybridized carbons (Fsp3) is 0.467. The van der Waals surface area contributed by atoms with Crippen molar-refractivity contribution < 1.29 is 28.2 Å². The van der Waals surface area contributed by atoms with Gasteiger partial charge in [-0.3, -0.25) is 0 Å². The summed E-state index contributed by atoms with van der Waals surface area (Å²) in [5, 5.41) is 10.3. The molecule has 130 valence electrons. The van der Waals surface area contributed by atoms with Crippen molar-refractivity contribution in [3.8, 4) is 0 Å². The van der Waals surface area contributed by atoms with Gasteiger partial charge in [-0.1, -0.05) is 19.9 Å². The van der Waals surface area contributed by atoms with Crippen molar-refractivity contribution >= 4 is 23.5 Å². The molecule has 0 aromatic heterocycles. The van der Waals surface area contributed by atoms with Gasteiger partial charge < -0.3 is 19.5 Å². The zero-order chi connectivity index (χ0) is 18.0. The molecule has 23 heavy (non-hydrogen) atoms. The number of aliphatic hydroxyl groups is 1. The van der Waals surface area contributed by atoms with Crippen LogP contribution in [0.3, 0.4) is 0 Å². The van der Waals surface area contributed by atoms with Gasteiger partial charge in [-0.15, -0.1) is 6.58 Å². The molecule has 1 aromatic carbocycles. The number of aliphatic hydroxyl groups excluding tert-OH is 1. The lowest BCUT2D eigenvalue weighted by atomic mass is 9.90. The molecular weight excluding hydrogens is 393 g/mol. The summed E-state index contributed by atoms with van der Waals surface area (Å²) < 4.78 is 38.9. The molecule has 1 unspecified atom stereocenters. The molecule has 1 rings (SSSR count). The molecule has 0 amide bonds. The van der Waals surface area contributed by atoms with Crippen LogP contribution in [0.25, 0.3) is 0 Å². The van der Waals surface area contributed by atoms with E-state index in [1.165, 1.54) is 6.08 Å². The van der Waals surface area contributed by atoms with Gasteiger partial charge >= 0.3 is 0 Å². The maximum Gasteiger partial charge on any atom is 0.297 e. The van der Waals surface area contributed by atoms with Gasteiger partial charge in [0, 0.05) is 17.6 Å². The van der Waals surface area contributed by atoms with E-state index >= 15 is 0 Å². The monoisotopic (exact) mass is 410 g/mol. The van der Waals surface area contributed by atoms with Crippen LogP contribution in [0.1, 0.15) is 48.6 Å². The highest BCUT2D eigenvalue weighted by atomic mass is 79.9. The Labute approximate surface area is 142 Å². The van der Waals surface area contributed by atoms with Gasteiger partial charge in [-0.25, -0.2) is 0 Å². The molecule has 1 aromatic rings. The van der Waals surface area contributed by atoms with E-state index in [0.717, 1.165) is 6.07 Å². The Morgan fingerprint density at radius 1 is 1.43 bits per heavy atom. The predicted molar refractivity (Wildman–Crippen MR) is 84.2 cm³/mol. The Balaban J connectivity index is 3.74. The summed E-state index contributed by atoms with van der Waals surface area (Å²) in [4.78, 5) is 21.9. The lowest BCUT2D eigenvalue weighted by Crippen LogP contribution is -2.30. The van der Waals surface area contributed by atoms with Crippen molar-refractivity contribution in [1.82, 2.24) is 0 Å². The number of hydrogen-bond acceptors (Lipinski definition) is 4. The first-order chi connectivity index (χ1) is 10.5. The average Bonchev–Trinajstić information content (AvgIpc) is 2.45. The molecule has 1 atom stereocenters. The van der Waals surface area contributed by atoms with Crippen molar-refractivity contribution in [2.24, 2.45) is 0 Å². The SMILES string of the molecule is C=CCC(O)c1c(CC)cc(C(F)(F)P(=O)([O-])[O-])c(Br)c1CC. The average molecular weight is 411 g/mol. The van der Waals surface area contributed by atoms with Crippen LogP contribution in [0.4, 0.5) is 8.78 Å². The first-order valence-electron chi connectivity index (χ1n) is 7.06. The Kier molecular flexibility index (Phi) is 6.70. The lowest BCUT2D eigenvalue weighted by Gasteiger charge is -2.39. The maximum absolute atomic E-state index is 14.0. The number of alkyl halides is 2. The van der Waals surface area contributed by atoms with E-state index in [9.17, 15) is 28.2 Å². The van der Waals surface area contributed by atoms with Crippen LogP contribution in [0.2, 0.25) is 0 Å². The molecule has 0 spiro atoms. The van der Waals surface area contributed by atoms with Crippen LogP contribution in [-0.2, 0) is 23.1 Å². The quantitative estimate of drug-likeness (QED) is 0.552. The van der Waals surface area contributed by atoms with Gasteiger partial charge in [0.05, 0.1) is 6.10 Å². The van der Waals surface area contributed by atoms with Crippen molar-refractivity contribution in [3.05, 3.63) is 45.4 Å². The van der Waals surface area contributed by atoms with Gasteiger partial charge in [0.15, 0.2) is 0 Å². The second kappa shape index (κ2) is 7.53. The van der Waals surface area contributed by atoms with E-state index in [1.54, 1.807) is 13.8 Å². The van der Waals surface area contributed by atoms with Crippen LogP contribution in [0.5, 0.6) is 0 Å². The maximum atomic E-state index is 14.0. The minimum absolute atomic E-state index is 0.160. The molecule has 1 N–H and O–H groups in total. The van der Waals surface area contributed by atoms with Gasteiger partial charge in [-0.2, -0.15) is 8.78 Å². The molecule has 4 nitrogen and oxygen atoms in total. The number of hydrogen-bond donors (Lipinski definition) is 1. The van der Waals surface area contributed by atoms with E-state index in [2.05, 4.69) is 22.5 Å². The highest BCUT2D eigenvalue weighted by Crippen LogP contribution is 2.56. The minimum Gasteiger partial charge on any atom is -0.806 e. The Bertz CT molecular complexity index is 643. The molecule has 0 aliphatic rings. The summed E-state index contributed by atoms with van der Waals surface area (Å²) in [5.74, 6) is 0. The van der Waals surface area contributed by atoms with E-state index in [-0.39, 0.29) is 17.3 Å². The molecule has 0 aliphatic carbocycles. The normalized spacial score (nSPS) is 13.9. The van der Waals surface area contributed by atoms with Gasteiger partial charge in [0.25, 0.3) is 5.66 Å². The van der Waals surface area contributed by atoms with Crippen LogP contribution >= 0.6 is 23.5 Å². The van der Waals surface area contributed by atoms with Crippen molar-refractivity contribution in [2.45, 2.75) is 44.9 Å². The molecule has 0 bridgehead atoms. The molecule has 8 heteroatoms. The molecular formula is C15H18BrF2O4P-2. The second-order valence-corrected chi connectivity index (χ2v) is 7.43. The fourth-order valence-electron chi connectivity index (χ4n) is 2.49. The summed E-state index contributed by atoms with van der Waals surface area (Å²) in [5.41, 5.74) is -4.20. The molecule has 0 heterocycles. The van der Waals surface area contributed by atoms with Gasteiger partial charge in [0.1, 0.15) is 0 Å². The van der Waals surface area contributed by atoms with Gasteiger partial charge in [-0.05, 0) is 57.9 Å². The third-order valence-electron chi connectivity index (χ3n) is 3.62. The fourth-order valence-corrected chi connectivity index (χ4v) is 3.97. The Hall–Kier alpha value is -0.590. The zero-order valence-corrected chi connectivity index (χ0v) is 15.3. The van der Waals surface area contributed by atoms with E-state index in [4.69, 9.17) is 0 Å². The lowest BCUT2D eigenvalue weighted by molar-refractivity contribution is -0.335. The first-order valence-corrected chi connectivity index (χ1v) is 9.39. The topological polar surface area (TPSA) is 83.4 Å². The summed E-state index contributed by atoms with van der Waals surface area (Å²) >= 11 is 2.99. The minimum atomic E-state index is -6.17. The van der Waals surface area contributed by atoms with Crippen LogP contribution in [-0.4, -0.2) is 5.11 Å². The first kappa shape index (κ1) is 20.5. The van der Waals surface area contributed by atoms with Crippen LogP contribution in [0, 0.1) is 0 Å². The van der Waals surface area contributed by atoms with Crippen LogP contribution < -0.4 is 9.79 Å². The molecule has 0 saturated carbocycles. The summed E-state index contributed by atoms with van der Waals surface area (Å²) in [6, 6.07) is 0.979. The third kappa shape index (κ3) is 3.91. The van der Waals surface area contributed by atoms with Crippen LogP contribution in [0.15, 0.2) is 23.2 Å². The zero-order valence-electron chi connectivity index (χ0n) is 12.8. The largest absolute Gasteiger partial charge is 0.806 e. The number of halogens is 3. The van der Waals surface area contributed by atoms with E-state index < -0.39 is 24.9 Å². The highest BCUT2D eigenvalue weighted by molar-refractivity contribution is 9.10. The Morgan fingerprint density at radius 2 is 2.00 bits per heavy atom. The molecule has 0 aliphatic heterocycles.